The Morgan fingerprint density at radius 3 is 2.05 bits per heavy atom. The summed E-state index contributed by atoms with van der Waals surface area (Å²) in [7, 11) is 0. The van der Waals surface area contributed by atoms with Crippen molar-refractivity contribution in [2.24, 2.45) is 0 Å². The molecule has 3 rings (SSSR count). The summed E-state index contributed by atoms with van der Waals surface area (Å²) in [5.74, 6) is 5.36. The fourth-order valence-electron chi connectivity index (χ4n) is 2.36. The Morgan fingerprint density at radius 2 is 1.50 bits per heavy atom. The van der Waals surface area contributed by atoms with Crippen LogP contribution in [-0.2, 0) is 0 Å². The molecule has 4 heteroatoms. The topological polar surface area (TPSA) is 57.6 Å². The minimum Gasteiger partial charge on any atom is -0.508 e. The molecule has 1 atom stereocenters. The van der Waals surface area contributed by atoms with Gasteiger partial charge in [-0.1, -0.05) is 24.0 Å². The van der Waals surface area contributed by atoms with Gasteiger partial charge in [-0.2, -0.15) is 0 Å². The van der Waals surface area contributed by atoms with Gasteiger partial charge >= 0.3 is 0 Å². The van der Waals surface area contributed by atoms with Crippen molar-refractivity contribution in [3.63, 3.8) is 0 Å². The number of hydrogen-bond donors (Lipinski definition) is 1. The van der Waals surface area contributed by atoms with Crippen molar-refractivity contribution < 1.29 is 14.7 Å². The summed E-state index contributed by atoms with van der Waals surface area (Å²) in [4.78, 5) is 25.8. The van der Waals surface area contributed by atoms with E-state index in [9.17, 15) is 14.7 Å². The number of imide groups is 1. The second-order valence-electron chi connectivity index (χ2n) is 5.02. The number of rotatable bonds is 1. The molecule has 0 aliphatic carbocycles. The molecule has 0 radical (unpaired) electrons. The summed E-state index contributed by atoms with van der Waals surface area (Å²) >= 11 is 0. The Morgan fingerprint density at radius 1 is 0.955 bits per heavy atom. The van der Waals surface area contributed by atoms with Crippen LogP contribution in [0.3, 0.4) is 0 Å². The lowest BCUT2D eigenvalue weighted by molar-refractivity contribution is 0.0630. The number of phenols is 1. The number of carbonyl (C=O) groups is 2. The summed E-state index contributed by atoms with van der Waals surface area (Å²) in [6, 6.07) is 12.7. The molecule has 0 saturated heterocycles. The average molecular weight is 291 g/mol. The first-order valence-electron chi connectivity index (χ1n) is 6.85. The molecule has 1 heterocycles. The third kappa shape index (κ3) is 2.33. The predicted molar refractivity (Wildman–Crippen MR) is 81.4 cm³/mol. The van der Waals surface area contributed by atoms with Crippen molar-refractivity contribution in [3.05, 3.63) is 65.2 Å². The smallest absolute Gasteiger partial charge is 0.262 e. The predicted octanol–water partition coefficient (Wildman–Crippen LogP) is 2.43. The second-order valence-corrected chi connectivity index (χ2v) is 5.02. The molecule has 4 nitrogen and oxygen atoms in total. The Bertz CT molecular complexity index is 777. The van der Waals surface area contributed by atoms with Crippen LogP contribution in [0.1, 0.15) is 33.2 Å². The quantitative estimate of drug-likeness (QED) is 0.648. The van der Waals surface area contributed by atoms with Crippen molar-refractivity contribution in [2.45, 2.75) is 13.0 Å². The molecule has 0 fully saturated rings. The molecule has 0 aromatic heterocycles. The summed E-state index contributed by atoms with van der Waals surface area (Å²) < 4.78 is 0. The third-order valence-electron chi connectivity index (χ3n) is 3.51. The number of amides is 2. The highest BCUT2D eigenvalue weighted by Crippen LogP contribution is 2.24. The van der Waals surface area contributed by atoms with Gasteiger partial charge in [0.2, 0.25) is 0 Å². The number of carbonyl (C=O) groups excluding carboxylic acids is 2. The van der Waals surface area contributed by atoms with Gasteiger partial charge in [0, 0.05) is 5.56 Å². The molecule has 2 amide bonds. The zero-order valence-electron chi connectivity index (χ0n) is 11.9. The number of fused-ring (bicyclic) bond motifs is 1. The van der Waals surface area contributed by atoms with E-state index in [0.717, 1.165) is 0 Å². The van der Waals surface area contributed by atoms with Crippen molar-refractivity contribution in [1.82, 2.24) is 4.90 Å². The van der Waals surface area contributed by atoms with E-state index in [4.69, 9.17) is 0 Å². The number of phenolic OH excluding ortho intramolecular Hbond substituents is 1. The van der Waals surface area contributed by atoms with E-state index in [0.29, 0.717) is 16.7 Å². The van der Waals surface area contributed by atoms with Gasteiger partial charge in [-0.15, -0.1) is 0 Å². The van der Waals surface area contributed by atoms with Crippen LogP contribution in [0.25, 0.3) is 0 Å². The van der Waals surface area contributed by atoms with E-state index in [2.05, 4.69) is 11.8 Å². The van der Waals surface area contributed by atoms with Crippen LogP contribution in [0, 0.1) is 11.8 Å². The van der Waals surface area contributed by atoms with Crippen LogP contribution in [-0.4, -0.2) is 27.9 Å². The van der Waals surface area contributed by atoms with Crippen LogP contribution in [0.4, 0.5) is 0 Å². The van der Waals surface area contributed by atoms with Gasteiger partial charge in [-0.25, -0.2) is 0 Å². The zero-order valence-corrected chi connectivity index (χ0v) is 11.9. The largest absolute Gasteiger partial charge is 0.508 e. The van der Waals surface area contributed by atoms with E-state index < -0.39 is 6.04 Å². The lowest BCUT2D eigenvalue weighted by Crippen LogP contribution is -2.37. The summed E-state index contributed by atoms with van der Waals surface area (Å²) in [6.45, 7) is 1.72. The van der Waals surface area contributed by atoms with Gasteiger partial charge in [-0.3, -0.25) is 14.5 Å². The van der Waals surface area contributed by atoms with Gasteiger partial charge in [-0.05, 0) is 43.3 Å². The van der Waals surface area contributed by atoms with Crippen molar-refractivity contribution in [2.75, 3.05) is 0 Å². The van der Waals surface area contributed by atoms with Crippen molar-refractivity contribution in [3.8, 4) is 17.6 Å². The monoisotopic (exact) mass is 291 g/mol. The standard InChI is InChI=1S/C18H13NO3/c1-12(6-7-13-8-10-14(20)11-9-13)19-17(21)15-4-2-3-5-16(15)18(19)22/h2-5,8-12,20H,1H3. The van der Waals surface area contributed by atoms with Gasteiger partial charge < -0.3 is 5.11 Å². The van der Waals surface area contributed by atoms with E-state index in [1.54, 1.807) is 43.3 Å². The molecular formula is C18H13NO3. The molecule has 1 unspecified atom stereocenters. The van der Waals surface area contributed by atoms with Crippen molar-refractivity contribution in [1.29, 1.82) is 0 Å². The molecule has 2 aromatic carbocycles. The number of benzene rings is 2. The Kier molecular flexibility index (Phi) is 3.40. The second kappa shape index (κ2) is 5.38. The van der Waals surface area contributed by atoms with E-state index >= 15 is 0 Å². The van der Waals surface area contributed by atoms with Crippen LogP contribution in [0.15, 0.2) is 48.5 Å². The molecule has 22 heavy (non-hydrogen) atoms. The number of nitrogens with zero attached hydrogens (tertiary/aromatic N) is 1. The fourth-order valence-corrected chi connectivity index (χ4v) is 2.36. The molecule has 1 aliphatic rings. The molecule has 0 saturated carbocycles. The summed E-state index contributed by atoms with van der Waals surface area (Å²) in [6.07, 6.45) is 0. The molecule has 2 aromatic rings. The third-order valence-corrected chi connectivity index (χ3v) is 3.51. The highest BCUT2D eigenvalue weighted by atomic mass is 16.3. The van der Waals surface area contributed by atoms with E-state index in [-0.39, 0.29) is 17.6 Å². The lowest BCUT2D eigenvalue weighted by Gasteiger charge is -2.17. The van der Waals surface area contributed by atoms with E-state index in [1.807, 2.05) is 0 Å². The van der Waals surface area contributed by atoms with E-state index in [1.165, 1.54) is 17.0 Å². The first-order chi connectivity index (χ1) is 10.6. The maximum Gasteiger partial charge on any atom is 0.262 e. The Hall–Kier alpha value is -3.06. The molecule has 1 N–H and O–H groups in total. The van der Waals surface area contributed by atoms with Crippen LogP contribution in [0.2, 0.25) is 0 Å². The van der Waals surface area contributed by atoms with Gasteiger partial charge in [0.1, 0.15) is 5.75 Å². The number of hydrogen-bond acceptors (Lipinski definition) is 3. The highest BCUT2D eigenvalue weighted by molar-refractivity contribution is 6.21. The number of aromatic hydroxyl groups is 1. The normalized spacial score (nSPS) is 14.3. The zero-order chi connectivity index (χ0) is 15.7. The summed E-state index contributed by atoms with van der Waals surface area (Å²) in [5, 5.41) is 9.23. The highest BCUT2D eigenvalue weighted by Gasteiger charge is 2.37. The van der Waals surface area contributed by atoms with Gasteiger partial charge in [0.15, 0.2) is 0 Å². The maximum atomic E-state index is 12.3. The first-order valence-corrected chi connectivity index (χ1v) is 6.85. The Labute approximate surface area is 128 Å². The molecule has 1 aliphatic heterocycles. The molecule has 0 spiro atoms. The average Bonchev–Trinajstić information content (AvgIpc) is 2.79. The van der Waals surface area contributed by atoms with Crippen LogP contribution < -0.4 is 0 Å². The maximum absolute atomic E-state index is 12.3. The SMILES string of the molecule is CC(C#Cc1ccc(O)cc1)N1C(=O)c2ccccc2C1=O. The van der Waals surface area contributed by atoms with Gasteiger partial charge in [0.05, 0.1) is 17.2 Å². The summed E-state index contributed by atoms with van der Waals surface area (Å²) in [5.41, 5.74) is 1.55. The fraction of sp³-hybridized carbons (Fsp3) is 0.111. The molecular weight excluding hydrogens is 278 g/mol. The molecule has 0 bridgehead atoms. The van der Waals surface area contributed by atoms with Crippen LogP contribution >= 0.6 is 0 Å². The van der Waals surface area contributed by atoms with Gasteiger partial charge in [0.25, 0.3) is 11.8 Å². The molecule has 108 valence electrons. The lowest BCUT2D eigenvalue weighted by atomic mass is 10.1. The Balaban J connectivity index is 1.85. The first kappa shape index (κ1) is 13.9. The van der Waals surface area contributed by atoms with Crippen LogP contribution in [0.5, 0.6) is 5.75 Å². The van der Waals surface area contributed by atoms with Crippen molar-refractivity contribution >= 4 is 11.8 Å². The minimum atomic E-state index is -0.527. The minimum absolute atomic E-state index is 0.166.